The van der Waals surface area contributed by atoms with Crippen molar-refractivity contribution in [2.45, 2.75) is 33.2 Å². The summed E-state index contributed by atoms with van der Waals surface area (Å²) in [4.78, 5) is 10.4. The minimum atomic E-state index is -0.407. The Kier molecular flexibility index (Phi) is 29.9. The molecule has 26 heavy (non-hydrogen) atoms. The maximum Gasteiger partial charge on any atom is 1.00 e. The van der Waals surface area contributed by atoms with Crippen molar-refractivity contribution in [1.29, 1.82) is 0 Å². The molecule has 2 aromatic rings. The van der Waals surface area contributed by atoms with Gasteiger partial charge in [0.25, 0.3) is 5.24 Å². The Morgan fingerprint density at radius 1 is 0.962 bits per heavy atom. The van der Waals surface area contributed by atoms with Gasteiger partial charge in [0.15, 0.2) is 0 Å². The predicted molar refractivity (Wildman–Crippen MR) is 114 cm³/mol. The zero-order valence-corrected chi connectivity index (χ0v) is 20.3. The van der Waals surface area contributed by atoms with Crippen LogP contribution >= 0.6 is 36.4 Å². The molecule has 2 rings (SSSR count). The van der Waals surface area contributed by atoms with Gasteiger partial charge in [0.1, 0.15) is 0 Å². The van der Waals surface area contributed by atoms with Crippen molar-refractivity contribution in [3.8, 4) is 0 Å². The zero-order valence-electron chi connectivity index (χ0n) is 17.0. The Labute approximate surface area is 198 Å². The van der Waals surface area contributed by atoms with Crippen molar-refractivity contribution < 1.29 is 41.3 Å². The van der Waals surface area contributed by atoms with E-state index in [1.54, 1.807) is 24.3 Å². The smallest absolute Gasteiger partial charge is 1.00 e. The fourth-order valence-electron chi connectivity index (χ4n) is 1.10. The third kappa shape index (κ3) is 23.9. The number of hydrogen-bond acceptors (Lipinski definition) is 3. The molecule has 146 valence electrons. The van der Waals surface area contributed by atoms with E-state index in [0.717, 1.165) is 0 Å². The number of aryl methyl sites for hydroxylation is 1. The second-order valence-electron chi connectivity index (χ2n) is 5.69. The van der Waals surface area contributed by atoms with Crippen LogP contribution in [0.25, 0.3) is 0 Å². The van der Waals surface area contributed by atoms with Gasteiger partial charge in [-0.25, -0.2) is 0 Å². The van der Waals surface area contributed by atoms with Crippen LogP contribution in [0.2, 0.25) is 0 Å². The summed E-state index contributed by atoms with van der Waals surface area (Å²) >= 11 is 5.16. The molecule has 0 bridgehead atoms. The van der Waals surface area contributed by atoms with Crippen molar-refractivity contribution in [2.75, 3.05) is 0 Å². The first-order valence-corrected chi connectivity index (χ1v) is 7.38. The fourth-order valence-corrected chi connectivity index (χ4v) is 1.23. The van der Waals surface area contributed by atoms with Gasteiger partial charge in [0.2, 0.25) is 0 Å². The Morgan fingerprint density at radius 3 is 1.42 bits per heavy atom. The molecule has 0 saturated carbocycles. The van der Waals surface area contributed by atoms with Gasteiger partial charge < -0.3 is 6.90 Å². The maximum atomic E-state index is 10.4. The Balaban J connectivity index is -0.0000000571. The quantitative estimate of drug-likeness (QED) is 0.307. The van der Waals surface area contributed by atoms with Gasteiger partial charge in [0.05, 0.1) is 0 Å². The van der Waals surface area contributed by atoms with Crippen LogP contribution in [0.15, 0.2) is 60.7 Å². The average Bonchev–Trinajstić information content (AvgIpc) is 2.49. The van der Waals surface area contributed by atoms with E-state index in [0.29, 0.717) is 5.56 Å². The van der Waals surface area contributed by atoms with E-state index in [1.165, 1.54) is 5.56 Å². The van der Waals surface area contributed by atoms with Crippen LogP contribution in [0, 0.1) is 6.92 Å². The van der Waals surface area contributed by atoms with Crippen LogP contribution in [0.4, 0.5) is 0 Å². The molecule has 2 aromatic carbocycles. The second-order valence-corrected chi connectivity index (χ2v) is 6.03. The SMILES string of the molecule is CC(C)(C)NN.Cc1ccccc1.Cl.Cl.O.O=C(Cl)c1ccccc1.[H-].[Na+]. The molecule has 0 saturated heterocycles. The van der Waals surface area contributed by atoms with Crippen LogP contribution in [0.5, 0.6) is 0 Å². The molecule has 4 nitrogen and oxygen atoms in total. The Morgan fingerprint density at radius 2 is 1.27 bits per heavy atom. The third-order valence-corrected chi connectivity index (χ3v) is 2.59. The second kappa shape index (κ2) is 21.2. The Hall–Kier alpha value is -0.140. The molecule has 0 unspecified atom stereocenters. The van der Waals surface area contributed by atoms with Gasteiger partial charge in [-0.15, -0.1) is 24.8 Å². The topological polar surface area (TPSA) is 86.6 Å². The van der Waals surface area contributed by atoms with Crippen LogP contribution in [0.3, 0.4) is 0 Å². The van der Waals surface area contributed by atoms with Gasteiger partial charge in [0, 0.05) is 11.1 Å². The number of hydrogen-bond donors (Lipinski definition) is 2. The molecule has 0 aliphatic carbocycles. The summed E-state index contributed by atoms with van der Waals surface area (Å²) in [7, 11) is 0. The van der Waals surface area contributed by atoms with Gasteiger partial charge in [-0.2, -0.15) is 0 Å². The largest absolute Gasteiger partial charge is 1.00 e. The van der Waals surface area contributed by atoms with Gasteiger partial charge >= 0.3 is 29.6 Å². The summed E-state index contributed by atoms with van der Waals surface area (Å²) in [6.07, 6.45) is 0. The third-order valence-electron chi connectivity index (χ3n) is 2.37. The number of benzene rings is 2. The predicted octanol–water partition coefficient (Wildman–Crippen LogP) is 1.44. The molecule has 8 heteroatoms. The summed E-state index contributed by atoms with van der Waals surface area (Å²) in [5.74, 6) is 5.06. The minimum Gasteiger partial charge on any atom is -1.00 e. The first kappa shape index (κ1) is 36.7. The van der Waals surface area contributed by atoms with E-state index in [2.05, 4.69) is 24.5 Å². The van der Waals surface area contributed by atoms with Crippen LogP contribution in [-0.4, -0.2) is 16.3 Å². The number of carbonyl (C=O) groups excluding carboxylic acids is 1. The summed E-state index contributed by atoms with van der Waals surface area (Å²) in [6, 6.07) is 19.0. The number of rotatable bonds is 1. The maximum absolute atomic E-state index is 10.4. The van der Waals surface area contributed by atoms with E-state index >= 15 is 0 Å². The summed E-state index contributed by atoms with van der Waals surface area (Å²) < 4.78 is 0. The molecular formula is C18H30Cl3N2NaO2. The summed E-state index contributed by atoms with van der Waals surface area (Å²) in [5, 5.41) is -0.407. The normalized spacial score (nSPS) is 8.23. The van der Waals surface area contributed by atoms with Gasteiger partial charge in [-0.1, -0.05) is 66.2 Å². The zero-order chi connectivity index (χ0) is 17.0. The minimum absolute atomic E-state index is 0. The summed E-state index contributed by atoms with van der Waals surface area (Å²) in [6.45, 7) is 8.10. The van der Waals surface area contributed by atoms with E-state index in [9.17, 15) is 4.79 Å². The number of halogens is 3. The van der Waals surface area contributed by atoms with Gasteiger partial charge in [-0.05, 0) is 39.3 Å². The molecule has 0 atom stereocenters. The van der Waals surface area contributed by atoms with Crippen LogP contribution in [0.1, 0.15) is 38.1 Å². The van der Waals surface area contributed by atoms with E-state index in [1.807, 2.05) is 45.0 Å². The average molecular weight is 436 g/mol. The molecule has 5 N–H and O–H groups in total. The monoisotopic (exact) mass is 434 g/mol. The molecule has 0 radical (unpaired) electrons. The number of nitrogens with two attached hydrogens (primary N) is 1. The number of carbonyl (C=O) groups is 1. The number of hydrazine groups is 1. The molecule has 0 spiro atoms. The standard InChI is InChI=1S/C7H5ClO.C7H8.C4H12N2.2ClH.Na.H2O.H/c8-7(9)6-4-2-1-3-5-6;1-7-5-3-2-4-6-7;1-4(2,3)6-5;;;;;/h1-5H;2-6H,1H3;6H,5H2,1-3H3;2*1H;;1H2;/q;;;;;+1;;-1. The first-order chi connectivity index (χ1) is 10.3. The van der Waals surface area contributed by atoms with Crippen molar-refractivity contribution in [3.63, 3.8) is 0 Å². The molecule has 0 aliphatic rings. The van der Waals surface area contributed by atoms with Crippen LogP contribution < -0.4 is 40.8 Å². The van der Waals surface area contributed by atoms with Crippen molar-refractivity contribution >= 4 is 41.7 Å². The molecule has 0 aliphatic heterocycles. The van der Waals surface area contributed by atoms with E-state index in [4.69, 9.17) is 17.4 Å². The van der Waals surface area contributed by atoms with Gasteiger partial charge in [-0.3, -0.25) is 16.1 Å². The van der Waals surface area contributed by atoms with Crippen molar-refractivity contribution in [3.05, 3.63) is 71.8 Å². The molecule has 0 fully saturated rings. The molecule has 0 amide bonds. The van der Waals surface area contributed by atoms with Crippen LogP contribution in [-0.2, 0) is 0 Å². The fraction of sp³-hybridized carbons (Fsp3) is 0.278. The molecule has 0 aromatic heterocycles. The summed E-state index contributed by atoms with van der Waals surface area (Å²) in [5.41, 5.74) is 4.54. The molecule has 0 heterocycles. The number of nitrogens with one attached hydrogen (secondary N) is 1. The molecular weight excluding hydrogens is 406 g/mol. The first-order valence-electron chi connectivity index (χ1n) is 7.00. The van der Waals surface area contributed by atoms with Crippen molar-refractivity contribution in [1.82, 2.24) is 5.43 Å². The van der Waals surface area contributed by atoms with Crippen molar-refractivity contribution in [2.24, 2.45) is 5.84 Å². The Bertz CT molecular complexity index is 545. The van der Waals surface area contributed by atoms with E-state index < -0.39 is 5.24 Å². The van der Waals surface area contributed by atoms with E-state index in [-0.39, 0.29) is 66.8 Å².